The van der Waals surface area contributed by atoms with E-state index in [1.54, 1.807) is 25.3 Å². The number of hydrogen-bond acceptors (Lipinski definition) is 4. The van der Waals surface area contributed by atoms with Gasteiger partial charge in [0, 0.05) is 31.3 Å². The fraction of sp³-hybridized carbons (Fsp3) is 0.588. The quantitative estimate of drug-likeness (QED) is 0.804. The van der Waals surface area contributed by atoms with Gasteiger partial charge in [-0.2, -0.15) is 0 Å². The summed E-state index contributed by atoms with van der Waals surface area (Å²) in [5.41, 5.74) is 6.67. The van der Waals surface area contributed by atoms with Crippen LogP contribution in [0.25, 0.3) is 0 Å². The van der Waals surface area contributed by atoms with Crippen molar-refractivity contribution >= 4 is 29.9 Å². The summed E-state index contributed by atoms with van der Waals surface area (Å²) >= 11 is 6.08. The lowest BCUT2D eigenvalue weighted by atomic mass is 9.98. The summed E-state index contributed by atoms with van der Waals surface area (Å²) in [6, 6.07) is 5.37. The van der Waals surface area contributed by atoms with E-state index in [4.69, 9.17) is 26.8 Å². The second-order valence-electron chi connectivity index (χ2n) is 6.36. The van der Waals surface area contributed by atoms with Crippen molar-refractivity contribution in [3.05, 3.63) is 28.8 Å². The number of carbonyl (C=O) groups excluding carboxylic acids is 1. The van der Waals surface area contributed by atoms with E-state index in [2.05, 4.69) is 0 Å². The Bertz CT molecular complexity index is 585. The van der Waals surface area contributed by atoms with Crippen molar-refractivity contribution in [2.45, 2.75) is 18.9 Å². The van der Waals surface area contributed by atoms with Gasteiger partial charge < -0.3 is 20.1 Å². The van der Waals surface area contributed by atoms with Gasteiger partial charge in [0.15, 0.2) is 0 Å². The maximum atomic E-state index is 12.9. The Kier molecular flexibility index (Phi) is 6.75. The van der Waals surface area contributed by atoms with Gasteiger partial charge in [-0.3, -0.25) is 4.79 Å². The average molecular weight is 375 g/mol. The standard InChI is InChI=1S/C17H23ClN2O3.ClH/c1-22-6-7-23-16-5-3-12(18)8-13(16)17(21)20-9-11-2-4-15(19)14(11)10-20;/h3,5,8,11,14-15H,2,4,6-7,9-10,19H2,1H3;1H. The van der Waals surface area contributed by atoms with Crippen molar-refractivity contribution in [3.63, 3.8) is 0 Å². The van der Waals surface area contributed by atoms with Crippen molar-refractivity contribution in [2.24, 2.45) is 17.6 Å². The van der Waals surface area contributed by atoms with Crippen LogP contribution in [0.5, 0.6) is 5.75 Å². The molecule has 1 aromatic carbocycles. The lowest BCUT2D eigenvalue weighted by molar-refractivity contribution is 0.0772. The van der Waals surface area contributed by atoms with Crippen LogP contribution in [0.15, 0.2) is 18.2 Å². The molecule has 1 saturated heterocycles. The Morgan fingerprint density at radius 3 is 2.83 bits per heavy atom. The second-order valence-corrected chi connectivity index (χ2v) is 6.79. The molecule has 0 bridgehead atoms. The molecule has 3 rings (SSSR count). The number of nitrogens with two attached hydrogens (primary N) is 1. The maximum absolute atomic E-state index is 12.9. The zero-order valence-corrected chi connectivity index (χ0v) is 15.3. The van der Waals surface area contributed by atoms with E-state index in [1.165, 1.54) is 0 Å². The molecule has 1 aliphatic carbocycles. The smallest absolute Gasteiger partial charge is 0.257 e. The van der Waals surface area contributed by atoms with Gasteiger partial charge in [0.1, 0.15) is 12.4 Å². The number of rotatable bonds is 5. The molecule has 134 valence electrons. The van der Waals surface area contributed by atoms with Crippen molar-refractivity contribution < 1.29 is 14.3 Å². The molecule has 1 amide bonds. The molecule has 1 aliphatic heterocycles. The van der Waals surface area contributed by atoms with Crippen molar-refractivity contribution in [3.8, 4) is 5.75 Å². The maximum Gasteiger partial charge on any atom is 0.257 e. The normalized spacial score (nSPS) is 25.3. The lowest BCUT2D eigenvalue weighted by Crippen LogP contribution is -2.33. The zero-order valence-electron chi connectivity index (χ0n) is 13.7. The highest BCUT2D eigenvalue weighted by atomic mass is 35.5. The number of halogens is 2. The van der Waals surface area contributed by atoms with Gasteiger partial charge in [0.05, 0.1) is 12.2 Å². The predicted molar refractivity (Wildman–Crippen MR) is 96.2 cm³/mol. The van der Waals surface area contributed by atoms with Crippen LogP contribution in [-0.2, 0) is 4.74 Å². The minimum absolute atomic E-state index is 0. The van der Waals surface area contributed by atoms with Gasteiger partial charge >= 0.3 is 0 Å². The Labute approximate surface area is 153 Å². The summed E-state index contributed by atoms with van der Waals surface area (Å²) < 4.78 is 10.7. The van der Waals surface area contributed by atoms with Gasteiger partial charge in [-0.25, -0.2) is 0 Å². The van der Waals surface area contributed by atoms with Crippen LogP contribution in [0.4, 0.5) is 0 Å². The van der Waals surface area contributed by atoms with E-state index < -0.39 is 0 Å². The molecule has 7 heteroatoms. The van der Waals surface area contributed by atoms with Crippen LogP contribution >= 0.6 is 24.0 Å². The minimum atomic E-state index is -0.0264. The SMILES string of the molecule is COCCOc1ccc(Cl)cc1C(=O)N1CC2CCC(N)C2C1.Cl. The summed E-state index contributed by atoms with van der Waals surface area (Å²) in [7, 11) is 1.61. The van der Waals surface area contributed by atoms with Crippen LogP contribution < -0.4 is 10.5 Å². The molecule has 24 heavy (non-hydrogen) atoms. The van der Waals surface area contributed by atoms with Gasteiger partial charge in [-0.05, 0) is 42.9 Å². The Morgan fingerprint density at radius 1 is 1.33 bits per heavy atom. The molecular formula is C17H24Cl2N2O3. The van der Waals surface area contributed by atoms with Crippen LogP contribution in [0.2, 0.25) is 5.02 Å². The van der Waals surface area contributed by atoms with Crippen LogP contribution in [0.3, 0.4) is 0 Å². The molecule has 0 radical (unpaired) electrons. The summed E-state index contributed by atoms with van der Waals surface area (Å²) in [5, 5.41) is 0.531. The Morgan fingerprint density at radius 2 is 2.12 bits per heavy atom. The van der Waals surface area contributed by atoms with Crippen molar-refractivity contribution in [1.82, 2.24) is 4.90 Å². The number of nitrogens with zero attached hydrogens (tertiary/aromatic N) is 1. The lowest BCUT2D eigenvalue weighted by Gasteiger charge is -2.20. The van der Waals surface area contributed by atoms with Crippen LogP contribution in [0, 0.1) is 11.8 Å². The van der Waals surface area contributed by atoms with Gasteiger partial charge in [0.25, 0.3) is 5.91 Å². The molecule has 5 nitrogen and oxygen atoms in total. The third-order valence-electron chi connectivity index (χ3n) is 4.92. The predicted octanol–water partition coefficient (Wildman–Crippen LogP) is 2.60. The number of amides is 1. The highest BCUT2D eigenvalue weighted by molar-refractivity contribution is 6.31. The Balaban J connectivity index is 0.00000208. The summed E-state index contributed by atoms with van der Waals surface area (Å²) in [4.78, 5) is 14.8. The van der Waals surface area contributed by atoms with Gasteiger partial charge in [-0.15, -0.1) is 12.4 Å². The first-order valence-corrected chi connectivity index (χ1v) is 8.44. The first-order valence-electron chi connectivity index (χ1n) is 8.06. The molecule has 2 aliphatic rings. The largest absolute Gasteiger partial charge is 0.490 e. The average Bonchev–Trinajstić information content (AvgIpc) is 3.11. The number of hydrogen-bond donors (Lipinski definition) is 1. The molecule has 3 atom stereocenters. The third kappa shape index (κ3) is 3.97. The van der Waals surface area contributed by atoms with Crippen LogP contribution in [-0.4, -0.2) is 50.3 Å². The number of benzene rings is 1. The molecule has 2 fully saturated rings. The molecule has 0 spiro atoms. The van der Waals surface area contributed by atoms with Crippen molar-refractivity contribution in [2.75, 3.05) is 33.4 Å². The van der Waals surface area contributed by atoms with Gasteiger partial charge in [-0.1, -0.05) is 11.6 Å². The monoisotopic (exact) mass is 374 g/mol. The first-order chi connectivity index (χ1) is 11.1. The molecule has 2 N–H and O–H groups in total. The van der Waals surface area contributed by atoms with Crippen LogP contribution in [0.1, 0.15) is 23.2 Å². The first kappa shape index (κ1) is 19.3. The molecular weight excluding hydrogens is 351 g/mol. The summed E-state index contributed by atoms with van der Waals surface area (Å²) in [5.74, 6) is 1.49. The second kappa shape index (κ2) is 8.39. The fourth-order valence-corrected chi connectivity index (χ4v) is 3.85. The fourth-order valence-electron chi connectivity index (χ4n) is 3.67. The summed E-state index contributed by atoms with van der Waals surface area (Å²) in [6.45, 7) is 2.38. The number of carbonyl (C=O) groups is 1. The molecule has 1 heterocycles. The summed E-state index contributed by atoms with van der Waals surface area (Å²) in [6.07, 6.45) is 2.18. The van der Waals surface area contributed by atoms with E-state index >= 15 is 0 Å². The van der Waals surface area contributed by atoms with E-state index in [9.17, 15) is 4.79 Å². The number of methoxy groups -OCH3 is 1. The topological polar surface area (TPSA) is 64.8 Å². The number of fused-ring (bicyclic) bond motifs is 1. The molecule has 0 aromatic heterocycles. The van der Waals surface area contributed by atoms with Gasteiger partial charge in [0.2, 0.25) is 0 Å². The Hall–Kier alpha value is -1.01. The van der Waals surface area contributed by atoms with E-state index in [-0.39, 0.29) is 24.4 Å². The third-order valence-corrected chi connectivity index (χ3v) is 5.15. The van der Waals surface area contributed by atoms with E-state index in [0.717, 1.165) is 25.9 Å². The number of likely N-dealkylation sites (tertiary alicyclic amines) is 1. The zero-order chi connectivity index (χ0) is 16.4. The van der Waals surface area contributed by atoms with E-state index in [1.807, 2.05) is 4.90 Å². The minimum Gasteiger partial charge on any atom is -0.490 e. The number of ether oxygens (including phenoxy) is 2. The van der Waals surface area contributed by atoms with Crippen molar-refractivity contribution in [1.29, 1.82) is 0 Å². The highest BCUT2D eigenvalue weighted by Crippen LogP contribution is 2.38. The molecule has 1 aromatic rings. The molecule has 3 unspecified atom stereocenters. The highest BCUT2D eigenvalue weighted by Gasteiger charge is 2.42. The molecule has 1 saturated carbocycles. The van der Waals surface area contributed by atoms with E-state index in [0.29, 0.717) is 41.4 Å².